The van der Waals surface area contributed by atoms with E-state index in [0.717, 1.165) is 51.2 Å². The van der Waals surface area contributed by atoms with Gasteiger partial charge in [0, 0.05) is 43.3 Å². The van der Waals surface area contributed by atoms with Crippen molar-refractivity contribution in [3.8, 4) is 0 Å². The molecule has 0 amide bonds. The smallest absolute Gasteiger partial charge is 0.0681 e. The molecule has 3 rings (SSSR count). The molecule has 0 radical (unpaired) electrons. The van der Waals surface area contributed by atoms with Gasteiger partial charge in [-0.3, -0.25) is 9.58 Å². The van der Waals surface area contributed by atoms with E-state index in [1.807, 2.05) is 18.7 Å². The van der Waals surface area contributed by atoms with Crippen molar-refractivity contribution in [3.05, 3.63) is 17.0 Å². The van der Waals surface area contributed by atoms with Crippen LogP contribution in [0.5, 0.6) is 0 Å². The van der Waals surface area contributed by atoms with Crippen LogP contribution in [0, 0.1) is 19.3 Å². The molecule has 1 aliphatic heterocycles. The Morgan fingerprint density at radius 1 is 1.32 bits per heavy atom. The summed E-state index contributed by atoms with van der Waals surface area (Å²) in [6.07, 6.45) is 2.98. The van der Waals surface area contributed by atoms with Crippen LogP contribution in [0.15, 0.2) is 0 Å². The first kappa shape index (κ1) is 16.0. The summed E-state index contributed by atoms with van der Waals surface area (Å²) in [7, 11) is 2.01. The molecule has 5 nitrogen and oxygen atoms in total. The first-order valence-electron chi connectivity index (χ1n) is 8.49. The van der Waals surface area contributed by atoms with Crippen molar-refractivity contribution >= 4 is 0 Å². The molecular weight excluding hydrogens is 278 g/mol. The number of likely N-dealkylation sites (tertiary alicyclic amines) is 1. The van der Waals surface area contributed by atoms with E-state index in [1.165, 1.54) is 11.3 Å². The molecule has 1 aromatic heterocycles. The SMILES string of the molecule is CCOC1CC(O)C12CCN(Cc1c(C)nn(C)c1C)CC2. The summed E-state index contributed by atoms with van der Waals surface area (Å²) in [5.74, 6) is 0. The third-order valence-electron chi connectivity index (χ3n) is 5.94. The number of rotatable bonds is 4. The Balaban J connectivity index is 1.62. The van der Waals surface area contributed by atoms with Gasteiger partial charge in [0.15, 0.2) is 0 Å². The van der Waals surface area contributed by atoms with Gasteiger partial charge < -0.3 is 9.84 Å². The minimum atomic E-state index is -0.173. The standard InChI is InChI=1S/C17H29N3O2/c1-5-22-16-10-15(21)17(16)6-8-20(9-7-17)11-14-12(2)18-19(4)13(14)3/h15-16,21H,5-11H2,1-4H3. The van der Waals surface area contributed by atoms with E-state index in [2.05, 4.69) is 23.8 Å². The second kappa shape index (κ2) is 5.95. The molecular formula is C17H29N3O2. The Morgan fingerprint density at radius 2 is 2.00 bits per heavy atom. The zero-order chi connectivity index (χ0) is 15.9. The van der Waals surface area contributed by atoms with E-state index in [-0.39, 0.29) is 17.6 Å². The summed E-state index contributed by atoms with van der Waals surface area (Å²) < 4.78 is 7.81. The van der Waals surface area contributed by atoms with Gasteiger partial charge in [0.05, 0.1) is 17.9 Å². The first-order chi connectivity index (χ1) is 10.5. The lowest BCUT2D eigenvalue weighted by Gasteiger charge is -2.56. The molecule has 2 heterocycles. The number of ether oxygens (including phenoxy) is 1. The highest BCUT2D eigenvalue weighted by Crippen LogP contribution is 2.51. The van der Waals surface area contributed by atoms with E-state index < -0.39 is 0 Å². The van der Waals surface area contributed by atoms with Crippen LogP contribution in [-0.4, -0.2) is 51.7 Å². The fraction of sp³-hybridized carbons (Fsp3) is 0.824. The van der Waals surface area contributed by atoms with Crippen molar-refractivity contribution in [2.75, 3.05) is 19.7 Å². The van der Waals surface area contributed by atoms with E-state index in [0.29, 0.717) is 0 Å². The van der Waals surface area contributed by atoms with Gasteiger partial charge in [-0.2, -0.15) is 5.10 Å². The van der Waals surface area contributed by atoms with Gasteiger partial charge in [-0.15, -0.1) is 0 Å². The van der Waals surface area contributed by atoms with E-state index in [9.17, 15) is 5.11 Å². The molecule has 2 atom stereocenters. The van der Waals surface area contributed by atoms with Crippen LogP contribution < -0.4 is 0 Å². The van der Waals surface area contributed by atoms with Crippen LogP contribution in [0.3, 0.4) is 0 Å². The largest absolute Gasteiger partial charge is 0.392 e. The molecule has 124 valence electrons. The molecule has 2 unspecified atom stereocenters. The second-order valence-electron chi connectivity index (χ2n) is 6.98. The van der Waals surface area contributed by atoms with E-state index in [1.54, 1.807) is 0 Å². The molecule has 1 spiro atoms. The molecule has 1 aliphatic carbocycles. The number of hydrogen-bond donors (Lipinski definition) is 1. The van der Waals surface area contributed by atoms with Gasteiger partial charge in [-0.25, -0.2) is 0 Å². The summed E-state index contributed by atoms with van der Waals surface area (Å²) in [4.78, 5) is 2.50. The molecule has 1 N–H and O–H groups in total. The summed E-state index contributed by atoms with van der Waals surface area (Å²) in [5, 5.41) is 14.8. The van der Waals surface area contributed by atoms with Gasteiger partial charge in [0.1, 0.15) is 0 Å². The van der Waals surface area contributed by atoms with Crippen LogP contribution in [0.25, 0.3) is 0 Å². The Morgan fingerprint density at radius 3 is 2.50 bits per heavy atom. The Labute approximate surface area is 133 Å². The number of piperidine rings is 1. The van der Waals surface area contributed by atoms with Crippen LogP contribution in [0.2, 0.25) is 0 Å². The van der Waals surface area contributed by atoms with Crippen molar-refractivity contribution in [1.82, 2.24) is 14.7 Å². The van der Waals surface area contributed by atoms with Gasteiger partial charge >= 0.3 is 0 Å². The first-order valence-corrected chi connectivity index (χ1v) is 8.49. The van der Waals surface area contributed by atoms with E-state index >= 15 is 0 Å². The summed E-state index contributed by atoms with van der Waals surface area (Å²) in [5.41, 5.74) is 3.77. The quantitative estimate of drug-likeness (QED) is 0.921. The minimum absolute atomic E-state index is 0.0194. The zero-order valence-corrected chi connectivity index (χ0v) is 14.3. The number of aromatic nitrogens is 2. The molecule has 2 aliphatic rings. The number of hydrogen-bond acceptors (Lipinski definition) is 4. The maximum atomic E-state index is 10.3. The molecule has 1 saturated carbocycles. The predicted molar refractivity (Wildman–Crippen MR) is 85.7 cm³/mol. The number of aliphatic hydroxyl groups is 1. The fourth-order valence-electron chi connectivity index (χ4n) is 4.21. The van der Waals surface area contributed by atoms with Crippen molar-refractivity contribution < 1.29 is 9.84 Å². The number of aliphatic hydroxyl groups excluding tert-OH is 1. The van der Waals surface area contributed by atoms with Crippen molar-refractivity contribution in [2.24, 2.45) is 12.5 Å². The van der Waals surface area contributed by atoms with Crippen LogP contribution in [0.1, 0.15) is 43.1 Å². The van der Waals surface area contributed by atoms with Gasteiger partial charge in [-0.1, -0.05) is 0 Å². The lowest BCUT2D eigenvalue weighted by molar-refractivity contribution is -0.209. The van der Waals surface area contributed by atoms with Crippen LogP contribution >= 0.6 is 0 Å². The van der Waals surface area contributed by atoms with Gasteiger partial charge in [0.25, 0.3) is 0 Å². The Bertz CT molecular complexity index is 530. The van der Waals surface area contributed by atoms with E-state index in [4.69, 9.17) is 4.74 Å². The summed E-state index contributed by atoms with van der Waals surface area (Å²) in [6, 6.07) is 0. The fourth-order valence-corrected chi connectivity index (χ4v) is 4.21. The maximum absolute atomic E-state index is 10.3. The minimum Gasteiger partial charge on any atom is -0.392 e. The molecule has 5 heteroatoms. The third-order valence-corrected chi connectivity index (χ3v) is 5.94. The van der Waals surface area contributed by atoms with Crippen molar-refractivity contribution in [3.63, 3.8) is 0 Å². The molecule has 1 aromatic rings. The number of aryl methyl sites for hydroxylation is 2. The average molecular weight is 307 g/mol. The maximum Gasteiger partial charge on any atom is 0.0681 e. The predicted octanol–water partition coefficient (Wildman–Crippen LogP) is 1.79. The molecule has 1 saturated heterocycles. The Kier molecular flexibility index (Phi) is 4.32. The average Bonchev–Trinajstić information content (AvgIpc) is 2.74. The lowest BCUT2D eigenvalue weighted by Crippen LogP contribution is -2.62. The molecule has 0 bridgehead atoms. The lowest BCUT2D eigenvalue weighted by atomic mass is 9.58. The molecule has 22 heavy (non-hydrogen) atoms. The summed E-state index contributed by atoms with van der Waals surface area (Å²) >= 11 is 0. The monoisotopic (exact) mass is 307 g/mol. The van der Waals surface area contributed by atoms with Crippen LogP contribution in [-0.2, 0) is 18.3 Å². The summed E-state index contributed by atoms with van der Waals surface area (Å²) in [6.45, 7) is 10.1. The highest BCUT2D eigenvalue weighted by Gasteiger charge is 2.55. The van der Waals surface area contributed by atoms with Gasteiger partial charge in [0.2, 0.25) is 0 Å². The Hall–Kier alpha value is -0.910. The third kappa shape index (κ3) is 2.49. The number of nitrogens with zero attached hydrogens (tertiary/aromatic N) is 3. The molecule has 0 aromatic carbocycles. The normalized spacial score (nSPS) is 28.0. The molecule has 2 fully saturated rings. The van der Waals surface area contributed by atoms with Crippen molar-refractivity contribution in [1.29, 1.82) is 0 Å². The highest BCUT2D eigenvalue weighted by atomic mass is 16.5. The van der Waals surface area contributed by atoms with Crippen LogP contribution in [0.4, 0.5) is 0 Å². The van der Waals surface area contributed by atoms with Gasteiger partial charge in [-0.05, 0) is 46.7 Å². The van der Waals surface area contributed by atoms with Crippen molar-refractivity contribution in [2.45, 2.75) is 58.8 Å². The second-order valence-corrected chi connectivity index (χ2v) is 6.98. The zero-order valence-electron chi connectivity index (χ0n) is 14.3. The highest BCUT2D eigenvalue weighted by molar-refractivity contribution is 5.24. The topological polar surface area (TPSA) is 50.5 Å².